The Morgan fingerprint density at radius 1 is 1.24 bits per heavy atom. The summed E-state index contributed by atoms with van der Waals surface area (Å²) in [6.07, 6.45) is 1.47. The van der Waals surface area contributed by atoms with Crippen molar-refractivity contribution in [2.45, 2.75) is 32.7 Å². The fraction of sp³-hybridized carbons (Fsp3) is 0.312. The van der Waals surface area contributed by atoms with Crippen molar-refractivity contribution in [3.8, 4) is 11.5 Å². The monoisotopic (exact) mass is 282 g/mol. The van der Waals surface area contributed by atoms with Crippen molar-refractivity contribution < 1.29 is 4.52 Å². The summed E-state index contributed by atoms with van der Waals surface area (Å²) in [5.41, 5.74) is 8.72. The van der Waals surface area contributed by atoms with Crippen LogP contribution < -0.4 is 5.73 Å². The molecule has 3 aromatic rings. The van der Waals surface area contributed by atoms with Crippen LogP contribution in [-0.4, -0.2) is 21.2 Å². The number of nitrogens with two attached hydrogens (primary N) is 1. The van der Waals surface area contributed by atoms with E-state index in [1.54, 1.807) is 0 Å². The molecule has 0 fully saturated rings. The summed E-state index contributed by atoms with van der Waals surface area (Å²) in [4.78, 5) is 9.00. The third kappa shape index (κ3) is 2.78. The summed E-state index contributed by atoms with van der Waals surface area (Å²) >= 11 is 0. The van der Waals surface area contributed by atoms with Crippen molar-refractivity contribution >= 4 is 10.9 Å². The van der Waals surface area contributed by atoms with E-state index < -0.39 is 0 Å². The predicted molar refractivity (Wildman–Crippen MR) is 81.7 cm³/mol. The maximum atomic E-state index is 5.91. The summed E-state index contributed by atoms with van der Waals surface area (Å²) in [5, 5.41) is 5.15. The van der Waals surface area contributed by atoms with Crippen molar-refractivity contribution in [2.24, 2.45) is 5.73 Å². The lowest BCUT2D eigenvalue weighted by Crippen LogP contribution is -2.21. The molecule has 0 aliphatic carbocycles. The Bertz CT molecular complexity index is 766. The molecule has 2 heterocycles. The molecule has 0 amide bonds. The topological polar surface area (TPSA) is 77.8 Å². The Labute approximate surface area is 123 Å². The van der Waals surface area contributed by atoms with Gasteiger partial charge in [0.25, 0.3) is 0 Å². The lowest BCUT2D eigenvalue weighted by molar-refractivity contribution is 0.368. The van der Waals surface area contributed by atoms with Crippen LogP contribution in [-0.2, 0) is 6.42 Å². The third-order valence-corrected chi connectivity index (χ3v) is 3.58. The Balaban J connectivity index is 1.97. The lowest BCUT2D eigenvalue weighted by atomic mass is 10.1. The number of benzene rings is 1. The fourth-order valence-corrected chi connectivity index (χ4v) is 2.27. The van der Waals surface area contributed by atoms with Gasteiger partial charge >= 0.3 is 0 Å². The molecule has 108 valence electrons. The van der Waals surface area contributed by atoms with E-state index in [1.165, 1.54) is 0 Å². The molecule has 0 bridgehead atoms. The van der Waals surface area contributed by atoms with Gasteiger partial charge in [0, 0.05) is 17.8 Å². The number of hydrogen-bond acceptors (Lipinski definition) is 5. The van der Waals surface area contributed by atoms with E-state index in [0.29, 0.717) is 18.1 Å². The molecule has 0 saturated carbocycles. The van der Waals surface area contributed by atoms with Crippen molar-refractivity contribution in [2.75, 3.05) is 0 Å². The van der Waals surface area contributed by atoms with Gasteiger partial charge in [-0.15, -0.1) is 0 Å². The van der Waals surface area contributed by atoms with Gasteiger partial charge in [-0.25, -0.2) is 4.98 Å². The second-order valence-corrected chi connectivity index (χ2v) is 5.23. The SMILES string of the molecule is CCC(N)Cc1nc(-c2cc(C)c3ccccc3n2)no1. The smallest absolute Gasteiger partial charge is 0.228 e. The second kappa shape index (κ2) is 5.61. The van der Waals surface area contributed by atoms with Crippen LogP contribution in [0.4, 0.5) is 0 Å². The number of aryl methyl sites for hydroxylation is 1. The number of nitrogens with zero attached hydrogens (tertiary/aromatic N) is 3. The zero-order valence-corrected chi connectivity index (χ0v) is 12.2. The molecule has 1 aromatic carbocycles. The minimum Gasteiger partial charge on any atom is -0.339 e. The molecule has 5 nitrogen and oxygen atoms in total. The highest BCUT2D eigenvalue weighted by atomic mass is 16.5. The number of fused-ring (bicyclic) bond motifs is 1. The van der Waals surface area contributed by atoms with Crippen LogP contribution in [0.1, 0.15) is 24.8 Å². The first-order valence-corrected chi connectivity index (χ1v) is 7.12. The molecule has 5 heteroatoms. The quantitative estimate of drug-likeness (QED) is 0.796. The van der Waals surface area contributed by atoms with Gasteiger partial charge < -0.3 is 10.3 Å². The van der Waals surface area contributed by atoms with Crippen LogP contribution in [0.25, 0.3) is 22.4 Å². The largest absolute Gasteiger partial charge is 0.339 e. The van der Waals surface area contributed by atoms with Gasteiger partial charge in [-0.2, -0.15) is 4.98 Å². The van der Waals surface area contributed by atoms with Gasteiger partial charge in [0.15, 0.2) is 0 Å². The van der Waals surface area contributed by atoms with Gasteiger partial charge in [0.2, 0.25) is 11.7 Å². The number of para-hydroxylation sites is 1. The van der Waals surface area contributed by atoms with Gasteiger partial charge in [-0.1, -0.05) is 30.3 Å². The lowest BCUT2D eigenvalue weighted by Gasteiger charge is -2.03. The van der Waals surface area contributed by atoms with Gasteiger partial charge in [-0.05, 0) is 31.0 Å². The summed E-state index contributed by atoms with van der Waals surface area (Å²) in [7, 11) is 0. The Morgan fingerprint density at radius 2 is 2.05 bits per heavy atom. The van der Waals surface area contributed by atoms with Crippen molar-refractivity contribution in [1.29, 1.82) is 0 Å². The highest BCUT2D eigenvalue weighted by molar-refractivity contribution is 5.84. The highest BCUT2D eigenvalue weighted by Gasteiger charge is 2.13. The van der Waals surface area contributed by atoms with Crippen LogP contribution in [0.5, 0.6) is 0 Å². The number of aromatic nitrogens is 3. The minimum absolute atomic E-state index is 0.0459. The first kappa shape index (κ1) is 13.7. The summed E-state index contributed by atoms with van der Waals surface area (Å²) in [6, 6.07) is 10.1. The first-order valence-electron chi connectivity index (χ1n) is 7.12. The molecule has 0 aliphatic rings. The standard InChI is InChI=1S/C16H18N4O/c1-3-11(17)9-15-19-16(20-21-15)14-8-10(2)12-6-4-5-7-13(12)18-14/h4-8,11H,3,9,17H2,1-2H3. The van der Waals surface area contributed by atoms with E-state index in [4.69, 9.17) is 10.3 Å². The van der Waals surface area contributed by atoms with Crippen LogP contribution >= 0.6 is 0 Å². The molecule has 1 unspecified atom stereocenters. The zero-order valence-electron chi connectivity index (χ0n) is 12.2. The van der Waals surface area contributed by atoms with E-state index in [0.717, 1.165) is 28.6 Å². The molecular formula is C16H18N4O. The van der Waals surface area contributed by atoms with Gasteiger partial charge in [0.05, 0.1) is 5.52 Å². The maximum Gasteiger partial charge on any atom is 0.228 e. The Hall–Kier alpha value is -2.27. The first-order chi connectivity index (χ1) is 10.2. The fourth-order valence-electron chi connectivity index (χ4n) is 2.27. The molecule has 1 atom stereocenters. The van der Waals surface area contributed by atoms with Crippen LogP contribution in [0, 0.1) is 6.92 Å². The van der Waals surface area contributed by atoms with Crippen LogP contribution in [0.15, 0.2) is 34.9 Å². The molecular weight excluding hydrogens is 264 g/mol. The van der Waals surface area contributed by atoms with Gasteiger partial charge in [-0.3, -0.25) is 0 Å². The summed E-state index contributed by atoms with van der Waals surface area (Å²) in [5.74, 6) is 1.08. The van der Waals surface area contributed by atoms with E-state index >= 15 is 0 Å². The third-order valence-electron chi connectivity index (χ3n) is 3.58. The van der Waals surface area contributed by atoms with Crippen LogP contribution in [0.2, 0.25) is 0 Å². The molecule has 0 radical (unpaired) electrons. The molecule has 0 aliphatic heterocycles. The molecule has 0 saturated heterocycles. The number of hydrogen-bond donors (Lipinski definition) is 1. The van der Waals surface area contributed by atoms with Crippen molar-refractivity contribution in [1.82, 2.24) is 15.1 Å². The Kier molecular flexibility index (Phi) is 3.66. The predicted octanol–water partition coefficient (Wildman–Crippen LogP) is 2.87. The molecule has 2 N–H and O–H groups in total. The zero-order chi connectivity index (χ0) is 14.8. The van der Waals surface area contributed by atoms with E-state index in [9.17, 15) is 0 Å². The highest BCUT2D eigenvalue weighted by Crippen LogP contribution is 2.22. The van der Waals surface area contributed by atoms with E-state index in [1.807, 2.05) is 31.2 Å². The van der Waals surface area contributed by atoms with Crippen LogP contribution in [0.3, 0.4) is 0 Å². The Morgan fingerprint density at radius 3 is 2.86 bits per heavy atom. The molecule has 2 aromatic heterocycles. The molecule has 21 heavy (non-hydrogen) atoms. The average molecular weight is 282 g/mol. The normalized spacial score (nSPS) is 12.7. The minimum atomic E-state index is 0.0459. The summed E-state index contributed by atoms with van der Waals surface area (Å²) in [6.45, 7) is 4.09. The van der Waals surface area contributed by atoms with Crippen molar-refractivity contribution in [3.63, 3.8) is 0 Å². The van der Waals surface area contributed by atoms with Gasteiger partial charge in [0.1, 0.15) is 5.69 Å². The number of rotatable bonds is 4. The summed E-state index contributed by atoms with van der Waals surface area (Å²) < 4.78 is 5.26. The number of pyridine rings is 1. The molecule has 0 spiro atoms. The maximum absolute atomic E-state index is 5.91. The molecule has 3 rings (SSSR count). The van der Waals surface area contributed by atoms with E-state index in [2.05, 4.69) is 28.1 Å². The second-order valence-electron chi connectivity index (χ2n) is 5.23. The average Bonchev–Trinajstić information content (AvgIpc) is 2.95. The van der Waals surface area contributed by atoms with E-state index in [-0.39, 0.29) is 6.04 Å². The van der Waals surface area contributed by atoms with Crippen molar-refractivity contribution in [3.05, 3.63) is 41.8 Å².